The fourth-order valence-electron chi connectivity index (χ4n) is 4.57. The van der Waals surface area contributed by atoms with Crippen LogP contribution in [0.25, 0.3) is 5.69 Å². The molecular formula is C19H23N3O2. The topological polar surface area (TPSA) is 47.4 Å². The van der Waals surface area contributed by atoms with Crippen LogP contribution in [0.15, 0.2) is 42.7 Å². The molecule has 4 rings (SSSR count). The molecule has 1 aromatic heterocycles. The van der Waals surface area contributed by atoms with Crippen LogP contribution in [0.4, 0.5) is 0 Å². The van der Waals surface area contributed by atoms with E-state index in [-0.39, 0.29) is 23.5 Å². The Bertz CT molecular complexity index is 753. The number of hydrogen-bond donors (Lipinski definition) is 0. The molecule has 0 unspecified atom stereocenters. The summed E-state index contributed by atoms with van der Waals surface area (Å²) in [7, 11) is 1.91. The molecule has 3 atom stereocenters. The van der Waals surface area contributed by atoms with Crippen molar-refractivity contribution in [3.05, 3.63) is 48.3 Å². The molecule has 1 amide bonds. The van der Waals surface area contributed by atoms with Gasteiger partial charge in [0.25, 0.3) is 5.91 Å². The van der Waals surface area contributed by atoms with E-state index in [1.807, 2.05) is 48.5 Å². The van der Waals surface area contributed by atoms with Crippen molar-refractivity contribution in [1.82, 2.24) is 14.7 Å². The number of amides is 1. The van der Waals surface area contributed by atoms with Crippen molar-refractivity contribution in [2.45, 2.75) is 32.4 Å². The van der Waals surface area contributed by atoms with E-state index in [9.17, 15) is 4.79 Å². The van der Waals surface area contributed by atoms with Crippen LogP contribution in [0.3, 0.4) is 0 Å². The predicted molar refractivity (Wildman–Crippen MR) is 91.1 cm³/mol. The average molecular weight is 325 g/mol. The van der Waals surface area contributed by atoms with Gasteiger partial charge in [-0.05, 0) is 18.6 Å². The number of rotatable bonds is 3. The highest BCUT2D eigenvalue weighted by Gasteiger charge is 2.61. The molecule has 2 aliphatic rings. The molecule has 1 aliphatic heterocycles. The minimum atomic E-state index is 0.000993. The van der Waals surface area contributed by atoms with Gasteiger partial charge in [0.1, 0.15) is 0 Å². The van der Waals surface area contributed by atoms with Crippen LogP contribution in [0.2, 0.25) is 0 Å². The molecule has 1 aromatic carbocycles. The Morgan fingerprint density at radius 1 is 1.33 bits per heavy atom. The zero-order chi connectivity index (χ0) is 16.9. The van der Waals surface area contributed by atoms with Crippen molar-refractivity contribution in [2.75, 3.05) is 13.7 Å². The summed E-state index contributed by atoms with van der Waals surface area (Å²) in [5.41, 5.74) is 1.58. The van der Waals surface area contributed by atoms with Crippen molar-refractivity contribution in [3.8, 4) is 5.69 Å². The van der Waals surface area contributed by atoms with E-state index in [0.717, 1.165) is 18.7 Å². The molecule has 0 N–H and O–H groups in total. The first-order valence-corrected chi connectivity index (χ1v) is 8.49. The van der Waals surface area contributed by atoms with Gasteiger partial charge in [-0.3, -0.25) is 4.79 Å². The summed E-state index contributed by atoms with van der Waals surface area (Å²) in [5.74, 6) is 0.485. The van der Waals surface area contributed by atoms with Crippen LogP contribution in [0, 0.1) is 11.3 Å². The Morgan fingerprint density at radius 3 is 2.83 bits per heavy atom. The molecule has 5 nitrogen and oxygen atoms in total. The average Bonchev–Trinajstić information content (AvgIpc) is 3.23. The molecule has 1 saturated carbocycles. The number of carbonyl (C=O) groups is 1. The number of aromatic nitrogens is 2. The van der Waals surface area contributed by atoms with Crippen LogP contribution in [-0.4, -0.2) is 46.4 Å². The number of fused-ring (bicyclic) bond motifs is 1. The SMILES string of the molecule is CN(C(=O)c1cnn(-c2ccccc2)c1)[C@@H]1[C@@H]2CCO[C@H]2C1(C)C. The highest BCUT2D eigenvalue weighted by molar-refractivity contribution is 5.94. The number of para-hydroxylation sites is 1. The Balaban J connectivity index is 1.55. The van der Waals surface area contributed by atoms with Gasteiger partial charge in [-0.15, -0.1) is 0 Å². The quantitative estimate of drug-likeness (QED) is 0.872. The van der Waals surface area contributed by atoms with Crippen molar-refractivity contribution in [3.63, 3.8) is 0 Å². The molecule has 0 radical (unpaired) electrons. The molecule has 2 aromatic rings. The largest absolute Gasteiger partial charge is 0.377 e. The summed E-state index contributed by atoms with van der Waals surface area (Å²) < 4.78 is 7.59. The lowest BCUT2D eigenvalue weighted by Gasteiger charge is -2.57. The van der Waals surface area contributed by atoms with E-state index in [4.69, 9.17) is 4.74 Å². The zero-order valence-corrected chi connectivity index (χ0v) is 14.3. The van der Waals surface area contributed by atoms with E-state index in [1.165, 1.54) is 0 Å². The first kappa shape index (κ1) is 15.4. The molecule has 5 heteroatoms. The lowest BCUT2D eigenvalue weighted by atomic mass is 9.56. The number of hydrogen-bond acceptors (Lipinski definition) is 3. The fraction of sp³-hybridized carbons (Fsp3) is 0.474. The normalized spacial score (nSPS) is 27.4. The molecular weight excluding hydrogens is 302 g/mol. The summed E-state index contributed by atoms with van der Waals surface area (Å²) in [4.78, 5) is 14.8. The molecule has 1 aliphatic carbocycles. The van der Waals surface area contributed by atoms with Crippen LogP contribution >= 0.6 is 0 Å². The summed E-state index contributed by atoms with van der Waals surface area (Å²) in [5, 5.41) is 4.34. The number of nitrogens with zero attached hydrogens (tertiary/aromatic N) is 3. The van der Waals surface area contributed by atoms with Gasteiger partial charge in [-0.2, -0.15) is 5.10 Å². The molecule has 126 valence electrons. The number of ether oxygens (including phenoxy) is 1. The minimum Gasteiger partial charge on any atom is -0.377 e. The van der Waals surface area contributed by atoms with Crippen molar-refractivity contribution < 1.29 is 9.53 Å². The lowest BCUT2D eigenvalue weighted by Crippen LogP contribution is -2.66. The highest BCUT2D eigenvalue weighted by atomic mass is 16.5. The monoisotopic (exact) mass is 325 g/mol. The fourth-order valence-corrected chi connectivity index (χ4v) is 4.57. The lowest BCUT2D eigenvalue weighted by molar-refractivity contribution is -0.139. The highest BCUT2D eigenvalue weighted by Crippen LogP contribution is 2.54. The molecule has 1 saturated heterocycles. The maximum Gasteiger partial charge on any atom is 0.257 e. The van der Waals surface area contributed by atoms with Gasteiger partial charge in [-0.1, -0.05) is 32.0 Å². The third-order valence-electron chi connectivity index (χ3n) is 5.63. The van der Waals surface area contributed by atoms with Crippen molar-refractivity contribution in [2.24, 2.45) is 11.3 Å². The first-order valence-electron chi connectivity index (χ1n) is 8.49. The van der Waals surface area contributed by atoms with Gasteiger partial charge in [0.15, 0.2) is 0 Å². The second-order valence-corrected chi connectivity index (χ2v) is 7.44. The van der Waals surface area contributed by atoms with Crippen molar-refractivity contribution >= 4 is 5.91 Å². The van der Waals surface area contributed by atoms with Crippen LogP contribution in [0.5, 0.6) is 0 Å². The minimum absolute atomic E-state index is 0.000993. The van der Waals surface area contributed by atoms with Gasteiger partial charge >= 0.3 is 0 Å². The van der Waals surface area contributed by atoms with Gasteiger partial charge in [0.2, 0.25) is 0 Å². The summed E-state index contributed by atoms with van der Waals surface area (Å²) in [6, 6.07) is 10.0. The molecule has 0 spiro atoms. The maximum absolute atomic E-state index is 12.9. The Labute approximate surface area is 142 Å². The van der Waals surface area contributed by atoms with E-state index in [2.05, 4.69) is 18.9 Å². The zero-order valence-electron chi connectivity index (χ0n) is 14.3. The van der Waals surface area contributed by atoms with Gasteiger partial charge in [-0.25, -0.2) is 4.68 Å². The molecule has 2 fully saturated rings. The standard InChI is InChI=1S/C19H23N3O2/c1-19(2)16(15-9-10-24-17(15)19)21(3)18(23)13-11-20-22(12-13)14-7-5-4-6-8-14/h4-8,11-12,15-17H,9-10H2,1-3H3/t15-,16+,17+/m0/s1. The van der Waals surface area contributed by atoms with E-state index in [1.54, 1.807) is 10.9 Å². The summed E-state index contributed by atoms with van der Waals surface area (Å²) >= 11 is 0. The second kappa shape index (κ2) is 5.45. The van der Waals surface area contributed by atoms with Crippen LogP contribution < -0.4 is 0 Å². The van der Waals surface area contributed by atoms with Gasteiger partial charge in [0.05, 0.1) is 23.6 Å². The van der Waals surface area contributed by atoms with Crippen molar-refractivity contribution in [1.29, 1.82) is 0 Å². The van der Waals surface area contributed by atoms with Gasteiger partial charge < -0.3 is 9.64 Å². The van der Waals surface area contributed by atoms with E-state index < -0.39 is 0 Å². The smallest absolute Gasteiger partial charge is 0.257 e. The summed E-state index contributed by atoms with van der Waals surface area (Å²) in [6.07, 6.45) is 4.78. The maximum atomic E-state index is 12.9. The third-order valence-corrected chi connectivity index (χ3v) is 5.63. The molecule has 2 heterocycles. The Morgan fingerprint density at radius 2 is 2.08 bits per heavy atom. The second-order valence-electron chi connectivity index (χ2n) is 7.44. The summed E-state index contributed by atoms with van der Waals surface area (Å²) in [6.45, 7) is 5.20. The predicted octanol–water partition coefficient (Wildman–Crippen LogP) is 2.76. The Kier molecular flexibility index (Phi) is 3.49. The van der Waals surface area contributed by atoms with E-state index >= 15 is 0 Å². The first-order chi connectivity index (χ1) is 11.5. The third kappa shape index (κ3) is 2.18. The van der Waals surface area contributed by atoms with Crippen LogP contribution in [-0.2, 0) is 4.74 Å². The molecule has 24 heavy (non-hydrogen) atoms. The van der Waals surface area contributed by atoms with Gasteiger partial charge in [0, 0.05) is 37.2 Å². The van der Waals surface area contributed by atoms with E-state index in [0.29, 0.717) is 11.5 Å². The number of carbonyl (C=O) groups excluding carboxylic acids is 1. The van der Waals surface area contributed by atoms with Crippen LogP contribution in [0.1, 0.15) is 30.6 Å². The molecule has 0 bridgehead atoms. The Hall–Kier alpha value is -2.14. The number of benzene rings is 1.